The number of benzene rings is 1. The zero-order valence-electron chi connectivity index (χ0n) is 8.43. The Morgan fingerprint density at radius 1 is 1.38 bits per heavy atom. The molecule has 1 amide bonds. The second kappa shape index (κ2) is 4.98. The minimum atomic E-state index is -1.62. The quantitative estimate of drug-likeness (QED) is 0.771. The maximum atomic E-state index is 12.8. The minimum Gasteiger partial charge on any atom is -0.392 e. The van der Waals surface area contributed by atoms with E-state index in [-0.39, 0.29) is 12.1 Å². The molecule has 0 fully saturated rings. The van der Waals surface area contributed by atoms with Crippen LogP contribution in [0.5, 0.6) is 0 Å². The zero-order valence-corrected chi connectivity index (χ0v) is 8.43. The van der Waals surface area contributed by atoms with Crippen LogP contribution < -0.4 is 5.32 Å². The molecule has 1 atom stereocenters. The second-order valence-corrected chi connectivity index (χ2v) is 3.31. The number of rotatable bonds is 3. The maximum absolute atomic E-state index is 12.8. The molecule has 1 rings (SSSR count). The normalized spacial score (nSPS) is 12.3. The van der Waals surface area contributed by atoms with Gasteiger partial charge in [0.05, 0.1) is 6.10 Å². The highest BCUT2D eigenvalue weighted by molar-refractivity contribution is 5.94. The first-order valence-corrected chi connectivity index (χ1v) is 4.52. The molecule has 2 N–H and O–H groups in total. The molecule has 0 aliphatic rings. The molecule has 1 aromatic carbocycles. The molecular formula is C10H10F3NO2. The second-order valence-electron chi connectivity index (χ2n) is 3.31. The van der Waals surface area contributed by atoms with Crippen molar-refractivity contribution >= 4 is 5.91 Å². The van der Waals surface area contributed by atoms with Crippen molar-refractivity contribution in [3.05, 3.63) is 35.1 Å². The Hall–Kier alpha value is -1.56. The van der Waals surface area contributed by atoms with Crippen molar-refractivity contribution in [2.45, 2.75) is 13.0 Å². The first-order valence-electron chi connectivity index (χ1n) is 4.52. The van der Waals surface area contributed by atoms with Gasteiger partial charge in [0.2, 0.25) is 0 Å². The van der Waals surface area contributed by atoms with Gasteiger partial charge in [-0.05, 0) is 19.1 Å². The van der Waals surface area contributed by atoms with Crippen molar-refractivity contribution in [3.63, 3.8) is 0 Å². The van der Waals surface area contributed by atoms with Crippen molar-refractivity contribution in [2.75, 3.05) is 6.54 Å². The van der Waals surface area contributed by atoms with Gasteiger partial charge in [-0.15, -0.1) is 0 Å². The van der Waals surface area contributed by atoms with Gasteiger partial charge in [0, 0.05) is 12.1 Å². The number of carbonyl (C=O) groups excluding carboxylic acids is 1. The van der Waals surface area contributed by atoms with E-state index in [4.69, 9.17) is 5.11 Å². The number of amides is 1. The first-order chi connectivity index (χ1) is 7.41. The van der Waals surface area contributed by atoms with Crippen LogP contribution in [0.3, 0.4) is 0 Å². The molecule has 6 heteroatoms. The average molecular weight is 233 g/mol. The van der Waals surface area contributed by atoms with Crippen molar-refractivity contribution in [2.24, 2.45) is 0 Å². The Bertz CT molecular complexity index is 384. The fourth-order valence-corrected chi connectivity index (χ4v) is 1.03. The third kappa shape index (κ3) is 2.96. The van der Waals surface area contributed by atoms with Gasteiger partial charge in [0.1, 0.15) is 0 Å². The van der Waals surface area contributed by atoms with E-state index in [2.05, 4.69) is 5.32 Å². The Kier molecular flexibility index (Phi) is 3.89. The molecule has 0 spiro atoms. The lowest BCUT2D eigenvalue weighted by Crippen LogP contribution is -2.30. The standard InChI is InChI=1S/C10H10F3NO2/c1-5(15)4-14-10(16)6-2-7(11)9(13)8(12)3-6/h2-3,5,15H,4H2,1H3,(H,14,16)/t5-/m0/s1. The van der Waals surface area contributed by atoms with Gasteiger partial charge in [-0.3, -0.25) is 4.79 Å². The Morgan fingerprint density at radius 3 is 2.31 bits per heavy atom. The predicted octanol–water partition coefficient (Wildman–Crippen LogP) is 1.21. The van der Waals surface area contributed by atoms with Crippen LogP contribution in [0.25, 0.3) is 0 Å². The van der Waals surface area contributed by atoms with E-state index in [1.54, 1.807) is 0 Å². The lowest BCUT2D eigenvalue weighted by molar-refractivity contribution is 0.0923. The van der Waals surface area contributed by atoms with Crippen LogP contribution in [-0.2, 0) is 0 Å². The third-order valence-electron chi connectivity index (χ3n) is 1.80. The zero-order chi connectivity index (χ0) is 12.3. The summed E-state index contributed by atoms with van der Waals surface area (Å²) in [6.07, 6.45) is -0.779. The lowest BCUT2D eigenvalue weighted by Gasteiger charge is -2.07. The predicted molar refractivity (Wildman–Crippen MR) is 50.3 cm³/mol. The lowest BCUT2D eigenvalue weighted by atomic mass is 10.2. The number of halogens is 3. The number of hydrogen-bond donors (Lipinski definition) is 2. The monoisotopic (exact) mass is 233 g/mol. The van der Waals surface area contributed by atoms with Crippen molar-refractivity contribution in [1.29, 1.82) is 0 Å². The van der Waals surface area contributed by atoms with Crippen LogP contribution in [0.1, 0.15) is 17.3 Å². The molecule has 0 aliphatic carbocycles. The summed E-state index contributed by atoms with van der Waals surface area (Å²) in [4.78, 5) is 11.3. The molecule has 0 bridgehead atoms. The van der Waals surface area contributed by atoms with E-state index < -0.39 is 29.5 Å². The highest BCUT2D eigenvalue weighted by Gasteiger charge is 2.14. The molecule has 3 nitrogen and oxygen atoms in total. The molecule has 16 heavy (non-hydrogen) atoms. The van der Waals surface area contributed by atoms with E-state index in [9.17, 15) is 18.0 Å². The number of carbonyl (C=O) groups is 1. The number of aliphatic hydroxyl groups excluding tert-OH is 1. The highest BCUT2D eigenvalue weighted by atomic mass is 19.2. The molecule has 0 aliphatic heterocycles. The molecule has 0 unspecified atom stereocenters. The van der Waals surface area contributed by atoms with Crippen LogP contribution in [0.2, 0.25) is 0 Å². The Balaban J connectivity index is 2.84. The van der Waals surface area contributed by atoms with Gasteiger partial charge >= 0.3 is 0 Å². The summed E-state index contributed by atoms with van der Waals surface area (Å²) in [5.74, 6) is -5.25. The largest absolute Gasteiger partial charge is 0.392 e. The van der Waals surface area contributed by atoms with Gasteiger partial charge in [0.15, 0.2) is 17.5 Å². The van der Waals surface area contributed by atoms with Gasteiger partial charge in [-0.25, -0.2) is 13.2 Å². The number of nitrogens with one attached hydrogen (secondary N) is 1. The van der Waals surface area contributed by atoms with Gasteiger partial charge in [-0.2, -0.15) is 0 Å². The van der Waals surface area contributed by atoms with E-state index in [1.165, 1.54) is 6.92 Å². The van der Waals surface area contributed by atoms with Crippen LogP contribution in [0.15, 0.2) is 12.1 Å². The van der Waals surface area contributed by atoms with Crippen molar-refractivity contribution < 1.29 is 23.1 Å². The van der Waals surface area contributed by atoms with Crippen LogP contribution >= 0.6 is 0 Å². The first kappa shape index (κ1) is 12.5. The van der Waals surface area contributed by atoms with Crippen LogP contribution in [0, 0.1) is 17.5 Å². The minimum absolute atomic E-state index is 0.0561. The summed E-state index contributed by atoms with van der Waals surface area (Å²) in [7, 11) is 0. The topological polar surface area (TPSA) is 49.3 Å². The summed E-state index contributed by atoms with van der Waals surface area (Å²) in [5.41, 5.74) is -0.336. The van der Waals surface area contributed by atoms with E-state index in [0.29, 0.717) is 12.1 Å². The highest BCUT2D eigenvalue weighted by Crippen LogP contribution is 2.13. The summed E-state index contributed by atoms with van der Waals surface area (Å²) < 4.78 is 38.1. The summed E-state index contributed by atoms with van der Waals surface area (Å²) in [6.45, 7) is 1.38. The summed E-state index contributed by atoms with van der Waals surface area (Å²) in [5, 5.41) is 11.1. The smallest absolute Gasteiger partial charge is 0.251 e. The fraction of sp³-hybridized carbons (Fsp3) is 0.300. The van der Waals surface area contributed by atoms with Gasteiger partial charge < -0.3 is 10.4 Å². The molecule has 0 radical (unpaired) electrons. The Labute approximate surface area is 89.9 Å². The van der Waals surface area contributed by atoms with E-state index in [0.717, 1.165) is 0 Å². The van der Waals surface area contributed by atoms with E-state index in [1.807, 2.05) is 0 Å². The van der Waals surface area contributed by atoms with Crippen molar-refractivity contribution in [1.82, 2.24) is 5.32 Å². The molecule has 0 saturated carbocycles. The molecule has 0 saturated heterocycles. The fourth-order valence-electron chi connectivity index (χ4n) is 1.03. The van der Waals surface area contributed by atoms with Crippen LogP contribution in [-0.4, -0.2) is 23.7 Å². The third-order valence-corrected chi connectivity index (χ3v) is 1.80. The van der Waals surface area contributed by atoms with E-state index >= 15 is 0 Å². The molecule has 0 heterocycles. The average Bonchev–Trinajstić information content (AvgIpc) is 2.21. The molecule has 1 aromatic rings. The van der Waals surface area contributed by atoms with Gasteiger partial charge in [0.25, 0.3) is 5.91 Å². The summed E-state index contributed by atoms with van der Waals surface area (Å²) >= 11 is 0. The molecule has 0 aromatic heterocycles. The molecular weight excluding hydrogens is 223 g/mol. The van der Waals surface area contributed by atoms with Crippen molar-refractivity contribution in [3.8, 4) is 0 Å². The van der Waals surface area contributed by atoms with Gasteiger partial charge in [-0.1, -0.05) is 0 Å². The number of aliphatic hydroxyl groups is 1. The summed E-state index contributed by atoms with van der Waals surface area (Å²) in [6, 6.07) is 1.19. The number of hydrogen-bond acceptors (Lipinski definition) is 2. The SMILES string of the molecule is C[C@H](O)CNC(=O)c1cc(F)c(F)c(F)c1. The maximum Gasteiger partial charge on any atom is 0.251 e. The van der Waals surface area contributed by atoms with Crippen LogP contribution in [0.4, 0.5) is 13.2 Å². The Morgan fingerprint density at radius 2 is 1.88 bits per heavy atom. The molecule has 88 valence electrons.